The van der Waals surface area contributed by atoms with Crippen molar-refractivity contribution in [2.45, 2.75) is 290 Å². The largest absolute Gasteiger partial charge is 0.472 e. The van der Waals surface area contributed by atoms with E-state index < -0.39 is 57.8 Å². The molecule has 3 unspecified atom stereocenters. The average Bonchev–Trinajstić information content (AvgIpc) is 3.53. The quantitative estimate of drug-likeness (QED) is 0.0197. The lowest BCUT2D eigenvalue weighted by atomic mass is 10.1. The third-order valence-corrected chi connectivity index (χ3v) is 14.8. The minimum absolute atomic E-state index is 0.0364. The van der Waals surface area contributed by atoms with E-state index in [-0.39, 0.29) is 25.9 Å². The monoisotopic (exact) mass is 1190 g/mol. The Morgan fingerprint density at radius 1 is 0.345 bits per heavy atom. The summed E-state index contributed by atoms with van der Waals surface area (Å²) in [6.07, 6.45) is 81.6. The molecule has 0 radical (unpaired) electrons. The molecule has 0 fully saturated rings. The highest BCUT2D eigenvalue weighted by molar-refractivity contribution is 7.47. The first-order valence-corrected chi connectivity index (χ1v) is 34.9. The number of aliphatic hydroxyl groups excluding tert-OH is 1. The zero-order valence-electron chi connectivity index (χ0n) is 53.3. The second-order valence-electron chi connectivity index (χ2n) is 21.9. The highest BCUT2D eigenvalue weighted by Gasteiger charge is 2.28. The van der Waals surface area contributed by atoms with Crippen LogP contribution in [0.2, 0.25) is 0 Å². The van der Waals surface area contributed by atoms with E-state index in [9.17, 15) is 28.9 Å². The van der Waals surface area contributed by atoms with Crippen molar-refractivity contribution >= 4 is 25.7 Å². The third-order valence-electron chi connectivity index (χ3n) is 13.9. The normalized spacial score (nSPS) is 14.0. The Morgan fingerprint density at radius 3 is 1.02 bits per heavy atom. The van der Waals surface area contributed by atoms with Crippen molar-refractivity contribution in [3.8, 4) is 0 Å². The van der Waals surface area contributed by atoms with E-state index in [0.29, 0.717) is 25.7 Å². The molecule has 0 aromatic heterocycles. The summed E-state index contributed by atoms with van der Waals surface area (Å²) < 4.78 is 39.7. The summed E-state index contributed by atoms with van der Waals surface area (Å²) in [6, 6.07) is 0. The number of hydrogen-bond donors (Lipinski definition) is 2. The van der Waals surface area contributed by atoms with Crippen LogP contribution in [0.4, 0.5) is 0 Å². The molecule has 0 aliphatic carbocycles. The number of esters is 3. The van der Waals surface area contributed by atoms with Crippen LogP contribution in [0, 0.1) is 0 Å². The van der Waals surface area contributed by atoms with Crippen LogP contribution >= 0.6 is 7.82 Å². The van der Waals surface area contributed by atoms with Gasteiger partial charge in [-0.3, -0.25) is 23.4 Å². The molecule has 0 aromatic carbocycles. The van der Waals surface area contributed by atoms with Crippen molar-refractivity contribution in [1.29, 1.82) is 0 Å². The van der Waals surface area contributed by atoms with Crippen LogP contribution in [0.25, 0.3) is 0 Å². The molecule has 0 bridgehead atoms. The molecule has 0 aliphatic rings. The van der Waals surface area contributed by atoms with Crippen molar-refractivity contribution in [2.24, 2.45) is 0 Å². The van der Waals surface area contributed by atoms with Crippen molar-refractivity contribution in [1.82, 2.24) is 0 Å². The van der Waals surface area contributed by atoms with Gasteiger partial charge in [-0.2, -0.15) is 0 Å². The fourth-order valence-electron chi connectivity index (χ4n) is 8.80. The van der Waals surface area contributed by atoms with E-state index in [1.54, 1.807) is 0 Å². The van der Waals surface area contributed by atoms with Gasteiger partial charge in [0.15, 0.2) is 6.10 Å². The van der Waals surface area contributed by atoms with Gasteiger partial charge in [-0.15, -0.1) is 0 Å². The number of carbonyl (C=O) groups is 3. The van der Waals surface area contributed by atoms with E-state index in [1.807, 2.05) is 12.2 Å². The van der Waals surface area contributed by atoms with Gasteiger partial charge in [0.1, 0.15) is 12.7 Å². The SMILES string of the molecule is CC/C=C\C/C=C\C/C=C\C/C=C\C/C=C\C/C=C\CCC(=O)OC(COC(=O)CCCCCCCCCCC/C=C\C/C=C\CCCCC)COP(=O)(O)OCC(CO)OC(=O)CCCCCCCCCCC/C=C\C/C=C\CCCCC. The van der Waals surface area contributed by atoms with Gasteiger partial charge in [0.05, 0.1) is 19.8 Å². The summed E-state index contributed by atoms with van der Waals surface area (Å²) in [5, 5.41) is 9.87. The van der Waals surface area contributed by atoms with Crippen LogP contribution in [-0.4, -0.2) is 66.5 Å². The maximum atomic E-state index is 13.0. The van der Waals surface area contributed by atoms with E-state index in [4.69, 9.17) is 23.3 Å². The minimum Gasteiger partial charge on any atom is -0.462 e. The topological polar surface area (TPSA) is 155 Å². The molecule has 0 heterocycles. The Balaban J connectivity index is 4.79. The number of aliphatic hydroxyl groups is 1. The Labute approximate surface area is 513 Å². The Hall–Kier alpha value is -4.12. The van der Waals surface area contributed by atoms with Gasteiger partial charge >= 0.3 is 25.7 Å². The summed E-state index contributed by atoms with van der Waals surface area (Å²) in [4.78, 5) is 48.8. The maximum absolute atomic E-state index is 13.0. The second kappa shape index (κ2) is 64.9. The zero-order valence-corrected chi connectivity index (χ0v) is 54.2. The number of hydrogen-bond acceptors (Lipinski definition) is 10. The van der Waals surface area contributed by atoms with E-state index in [1.165, 1.54) is 116 Å². The molecule has 84 heavy (non-hydrogen) atoms. The minimum atomic E-state index is -4.79. The van der Waals surface area contributed by atoms with Crippen LogP contribution in [-0.2, 0) is 42.2 Å². The Bertz CT molecular complexity index is 1870. The van der Waals surface area contributed by atoms with Crippen molar-refractivity contribution in [3.63, 3.8) is 0 Å². The van der Waals surface area contributed by atoms with Crippen LogP contribution < -0.4 is 0 Å². The van der Waals surface area contributed by atoms with Crippen molar-refractivity contribution in [2.75, 3.05) is 26.4 Å². The number of ether oxygens (including phenoxy) is 3. The molecule has 2 N–H and O–H groups in total. The fourth-order valence-corrected chi connectivity index (χ4v) is 9.58. The van der Waals surface area contributed by atoms with Crippen molar-refractivity contribution < 1.29 is 52.2 Å². The summed E-state index contributed by atoms with van der Waals surface area (Å²) in [6.45, 7) is 4.42. The van der Waals surface area contributed by atoms with Gasteiger partial charge in [0.2, 0.25) is 0 Å². The van der Waals surface area contributed by atoms with Gasteiger partial charge in [-0.25, -0.2) is 4.57 Å². The number of carbonyl (C=O) groups excluding carboxylic acids is 3. The molecule has 0 aliphatic heterocycles. The van der Waals surface area contributed by atoms with Crippen molar-refractivity contribution in [3.05, 3.63) is 122 Å². The van der Waals surface area contributed by atoms with Crippen LogP contribution in [0.1, 0.15) is 278 Å². The molecule has 0 aromatic rings. The van der Waals surface area contributed by atoms with Crippen LogP contribution in [0.3, 0.4) is 0 Å². The predicted octanol–water partition coefficient (Wildman–Crippen LogP) is 20.7. The molecule has 11 nitrogen and oxygen atoms in total. The Morgan fingerprint density at radius 2 is 0.643 bits per heavy atom. The third kappa shape index (κ3) is 62.4. The molecule has 0 saturated carbocycles. The molecule has 0 spiro atoms. The lowest BCUT2D eigenvalue weighted by molar-refractivity contribution is -0.161. The molecular formula is C72H121O11P. The van der Waals surface area contributed by atoms with Gasteiger partial charge < -0.3 is 24.2 Å². The summed E-state index contributed by atoms with van der Waals surface area (Å²) >= 11 is 0. The van der Waals surface area contributed by atoms with Gasteiger partial charge in [0.25, 0.3) is 0 Å². The van der Waals surface area contributed by atoms with Gasteiger partial charge in [-0.05, 0) is 122 Å². The predicted molar refractivity (Wildman–Crippen MR) is 353 cm³/mol. The second-order valence-corrected chi connectivity index (χ2v) is 23.3. The first-order chi connectivity index (χ1) is 41.2. The number of rotatable bonds is 61. The number of unbranched alkanes of at least 4 members (excludes halogenated alkanes) is 24. The van der Waals surface area contributed by atoms with E-state index >= 15 is 0 Å². The van der Waals surface area contributed by atoms with E-state index in [0.717, 1.165) is 96.3 Å². The van der Waals surface area contributed by atoms with Crippen LogP contribution in [0.15, 0.2) is 122 Å². The number of phosphoric ester groups is 1. The van der Waals surface area contributed by atoms with Crippen LogP contribution in [0.5, 0.6) is 0 Å². The molecular weight excluding hydrogens is 1070 g/mol. The highest BCUT2D eigenvalue weighted by atomic mass is 31.2. The highest BCUT2D eigenvalue weighted by Crippen LogP contribution is 2.43. The fraction of sp³-hybridized carbons (Fsp3) is 0.681. The Kier molecular flexibility index (Phi) is 61.7. The summed E-state index contributed by atoms with van der Waals surface area (Å²) in [7, 11) is -4.79. The molecule has 0 saturated heterocycles. The lowest BCUT2D eigenvalue weighted by Gasteiger charge is -2.21. The smallest absolute Gasteiger partial charge is 0.462 e. The molecule has 0 rings (SSSR count). The molecule has 480 valence electrons. The molecule has 0 amide bonds. The first-order valence-electron chi connectivity index (χ1n) is 33.4. The maximum Gasteiger partial charge on any atom is 0.472 e. The first kappa shape index (κ1) is 79.9. The van der Waals surface area contributed by atoms with Gasteiger partial charge in [0, 0.05) is 19.3 Å². The lowest BCUT2D eigenvalue weighted by Crippen LogP contribution is -2.30. The summed E-state index contributed by atoms with van der Waals surface area (Å²) in [5.74, 6) is -1.58. The number of allylic oxidation sites excluding steroid dienone is 20. The average molecular weight is 1190 g/mol. The molecule has 12 heteroatoms. The van der Waals surface area contributed by atoms with E-state index in [2.05, 4.69) is 130 Å². The number of phosphoric acid groups is 1. The molecule has 3 atom stereocenters. The van der Waals surface area contributed by atoms with Gasteiger partial charge in [-0.1, -0.05) is 258 Å². The zero-order chi connectivity index (χ0) is 61.2. The standard InChI is InChI=1S/C72H121O11P/c1-4-7-10-13-16-19-22-25-28-31-34-37-40-43-46-49-52-55-58-61-70(74)79-65-69(83-72(76)63-60-57-54-51-48-45-42-39-36-33-30-27-24-21-18-15-12-9-6-3)67-81-84(77,78)80-66-68(64-73)82-71(75)62-59-56-53-50-47-44-41-38-35-32-29-26-23-20-17-14-11-8-5-2/h9,12,16-21,25-30,36,39,45,48,54,57,68-69,73H,4-8,10-11,13-15,22-24,31-35,37-38,40-44,46-47,49-53,55-56,58-67H2,1-3H3,(H,77,78)/b12-9-,19-16-,20-17-,21-18-,28-25-,29-26-,30-27-,39-36-,48-45-,57-54-. The summed E-state index contributed by atoms with van der Waals surface area (Å²) in [5.41, 5.74) is 0.